The van der Waals surface area contributed by atoms with Crippen molar-refractivity contribution in [2.45, 2.75) is 44.6 Å². The van der Waals surface area contributed by atoms with Gasteiger partial charge in [-0.2, -0.15) is 0 Å². The van der Waals surface area contributed by atoms with E-state index in [2.05, 4.69) is 46.1 Å². The van der Waals surface area contributed by atoms with Crippen molar-refractivity contribution in [3.8, 4) is 11.4 Å². The molecule has 1 fully saturated rings. The van der Waals surface area contributed by atoms with Gasteiger partial charge in [0.05, 0.1) is 0 Å². The Labute approximate surface area is 154 Å². The topological polar surface area (TPSA) is 67.6 Å². The summed E-state index contributed by atoms with van der Waals surface area (Å²) in [6.07, 6.45) is 10.3. The van der Waals surface area contributed by atoms with Gasteiger partial charge < -0.3 is 10.7 Å². The van der Waals surface area contributed by atoms with Gasteiger partial charge in [0.25, 0.3) is 0 Å². The van der Waals surface area contributed by atoms with Crippen molar-refractivity contribution >= 4 is 0 Å². The first kappa shape index (κ1) is 17.0. The average Bonchev–Trinajstić information content (AvgIpc) is 3.32. The lowest BCUT2D eigenvalue weighted by atomic mass is 9.92. The molecule has 0 bridgehead atoms. The molecule has 0 spiro atoms. The number of nitrogens with zero attached hydrogens (tertiary/aromatic N) is 2. The molecular weight excluding hydrogens is 320 g/mol. The van der Waals surface area contributed by atoms with E-state index in [0.29, 0.717) is 12.0 Å². The highest BCUT2D eigenvalue weighted by atomic mass is 14.9. The number of nitrogens with two attached hydrogens (primary N) is 1. The maximum Gasteiger partial charge on any atom is 0.137 e. The number of aromatic amines is 1. The van der Waals surface area contributed by atoms with Crippen LogP contribution < -0.4 is 5.73 Å². The summed E-state index contributed by atoms with van der Waals surface area (Å²) in [5, 5.41) is 0. The Kier molecular flexibility index (Phi) is 4.85. The maximum absolute atomic E-state index is 6.22. The van der Waals surface area contributed by atoms with Gasteiger partial charge >= 0.3 is 0 Å². The summed E-state index contributed by atoms with van der Waals surface area (Å²) in [5.41, 5.74) is 11.1. The molecule has 3 N–H and O–H groups in total. The Morgan fingerprint density at radius 3 is 2.58 bits per heavy atom. The number of H-pyrrole nitrogens is 1. The van der Waals surface area contributed by atoms with Crippen LogP contribution in [0.1, 0.15) is 48.9 Å². The molecule has 1 aliphatic rings. The minimum Gasteiger partial charge on any atom is -0.341 e. The highest BCUT2D eigenvalue weighted by Crippen LogP contribution is 2.29. The van der Waals surface area contributed by atoms with Crippen LogP contribution in [0, 0.1) is 5.92 Å². The van der Waals surface area contributed by atoms with E-state index in [1.165, 1.54) is 30.4 Å². The normalized spacial score (nSPS) is 21.0. The Morgan fingerprint density at radius 1 is 1.12 bits per heavy atom. The zero-order valence-corrected chi connectivity index (χ0v) is 15.2. The predicted molar refractivity (Wildman–Crippen MR) is 105 cm³/mol. The van der Waals surface area contributed by atoms with Gasteiger partial charge in [-0.15, -0.1) is 0 Å². The molecule has 4 rings (SSSR count). The molecule has 134 valence electrons. The molecule has 2 heterocycles. The molecule has 1 aromatic carbocycles. The largest absolute Gasteiger partial charge is 0.341 e. The van der Waals surface area contributed by atoms with Crippen molar-refractivity contribution in [3.05, 3.63) is 71.8 Å². The predicted octanol–water partition coefficient (Wildman–Crippen LogP) is 4.29. The van der Waals surface area contributed by atoms with E-state index >= 15 is 0 Å². The Balaban J connectivity index is 1.46. The average molecular weight is 346 g/mol. The van der Waals surface area contributed by atoms with Crippen LogP contribution in [0.15, 0.2) is 55.0 Å². The van der Waals surface area contributed by atoms with Crippen LogP contribution >= 0.6 is 0 Å². The SMILES string of the molecule is CC(c1ccc(CC2CCCC2N)cc1)c1cnc(-c2ccncc2)[nH]1. The van der Waals surface area contributed by atoms with E-state index in [-0.39, 0.29) is 5.92 Å². The lowest BCUT2D eigenvalue weighted by Crippen LogP contribution is -2.25. The minimum atomic E-state index is 0.279. The summed E-state index contributed by atoms with van der Waals surface area (Å²) in [4.78, 5) is 12.0. The van der Waals surface area contributed by atoms with E-state index in [1.54, 1.807) is 12.4 Å². The van der Waals surface area contributed by atoms with Crippen molar-refractivity contribution in [1.29, 1.82) is 0 Å². The van der Waals surface area contributed by atoms with E-state index in [4.69, 9.17) is 5.73 Å². The third-order valence-electron chi connectivity index (χ3n) is 5.71. The summed E-state index contributed by atoms with van der Waals surface area (Å²) < 4.78 is 0. The minimum absolute atomic E-state index is 0.279. The summed E-state index contributed by atoms with van der Waals surface area (Å²) in [6.45, 7) is 2.21. The number of nitrogens with one attached hydrogen (secondary N) is 1. The van der Waals surface area contributed by atoms with E-state index in [0.717, 1.165) is 23.5 Å². The fraction of sp³-hybridized carbons (Fsp3) is 0.364. The van der Waals surface area contributed by atoms with Crippen LogP contribution in [0.4, 0.5) is 0 Å². The van der Waals surface area contributed by atoms with Crippen molar-refractivity contribution in [2.75, 3.05) is 0 Å². The van der Waals surface area contributed by atoms with Gasteiger partial charge in [0, 0.05) is 41.8 Å². The van der Waals surface area contributed by atoms with E-state index in [1.807, 2.05) is 18.3 Å². The molecule has 0 radical (unpaired) electrons. The van der Waals surface area contributed by atoms with Crippen molar-refractivity contribution < 1.29 is 0 Å². The summed E-state index contributed by atoms with van der Waals surface area (Å²) >= 11 is 0. The summed E-state index contributed by atoms with van der Waals surface area (Å²) in [6, 6.07) is 13.3. The quantitative estimate of drug-likeness (QED) is 0.724. The standard InChI is InChI=1S/C22H26N4/c1-15(21-14-25-22(26-21)18-9-11-24-12-10-18)17-7-5-16(6-8-17)13-19-3-2-4-20(19)23/h5-12,14-15,19-20H,2-4,13,23H2,1H3,(H,25,26). The number of rotatable bonds is 5. The second-order valence-corrected chi connectivity index (χ2v) is 7.45. The van der Waals surface area contributed by atoms with Gasteiger partial charge in [-0.1, -0.05) is 37.6 Å². The molecule has 3 unspecified atom stereocenters. The fourth-order valence-electron chi connectivity index (χ4n) is 3.96. The molecule has 26 heavy (non-hydrogen) atoms. The van der Waals surface area contributed by atoms with Crippen molar-refractivity contribution in [1.82, 2.24) is 15.0 Å². The van der Waals surface area contributed by atoms with Crippen LogP contribution in [-0.2, 0) is 6.42 Å². The third kappa shape index (κ3) is 3.56. The lowest BCUT2D eigenvalue weighted by molar-refractivity contribution is 0.479. The maximum atomic E-state index is 6.22. The van der Waals surface area contributed by atoms with Crippen LogP contribution in [0.25, 0.3) is 11.4 Å². The Morgan fingerprint density at radius 2 is 1.88 bits per heavy atom. The zero-order chi connectivity index (χ0) is 17.9. The van der Waals surface area contributed by atoms with Crippen LogP contribution in [0.2, 0.25) is 0 Å². The van der Waals surface area contributed by atoms with Crippen LogP contribution in [0.5, 0.6) is 0 Å². The number of pyridine rings is 1. The van der Waals surface area contributed by atoms with Crippen molar-refractivity contribution in [3.63, 3.8) is 0 Å². The summed E-state index contributed by atoms with van der Waals surface area (Å²) in [5.74, 6) is 1.82. The first-order valence-electron chi connectivity index (χ1n) is 9.50. The summed E-state index contributed by atoms with van der Waals surface area (Å²) in [7, 11) is 0. The Bertz CT molecular complexity index is 838. The molecule has 0 saturated heterocycles. The van der Waals surface area contributed by atoms with Gasteiger partial charge in [-0.05, 0) is 48.4 Å². The highest BCUT2D eigenvalue weighted by molar-refractivity contribution is 5.54. The van der Waals surface area contributed by atoms with Crippen LogP contribution in [0.3, 0.4) is 0 Å². The number of hydrogen-bond acceptors (Lipinski definition) is 3. The molecule has 3 atom stereocenters. The molecule has 1 aliphatic carbocycles. The molecule has 2 aromatic heterocycles. The number of imidazole rings is 1. The van der Waals surface area contributed by atoms with Crippen molar-refractivity contribution in [2.24, 2.45) is 11.7 Å². The fourth-order valence-corrected chi connectivity index (χ4v) is 3.96. The zero-order valence-electron chi connectivity index (χ0n) is 15.2. The smallest absolute Gasteiger partial charge is 0.137 e. The van der Waals surface area contributed by atoms with Gasteiger partial charge in [0.2, 0.25) is 0 Å². The Hall–Kier alpha value is -2.46. The first-order valence-corrected chi connectivity index (χ1v) is 9.50. The molecule has 1 saturated carbocycles. The third-order valence-corrected chi connectivity index (χ3v) is 5.71. The molecular formula is C22H26N4. The molecule has 3 aromatic rings. The van der Waals surface area contributed by atoms with E-state index < -0.39 is 0 Å². The first-order chi connectivity index (χ1) is 12.7. The monoisotopic (exact) mass is 346 g/mol. The van der Waals surface area contributed by atoms with E-state index in [9.17, 15) is 0 Å². The van der Waals surface area contributed by atoms with Gasteiger partial charge in [0.15, 0.2) is 0 Å². The van der Waals surface area contributed by atoms with Crippen LogP contribution in [-0.4, -0.2) is 21.0 Å². The highest BCUT2D eigenvalue weighted by Gasteiger charge is 2.23. The molecule has 4 nitrogen and oxygen atoms in total. The second-order valence-electron chi connectivity index (χ2n) is 7.45. The number of hydrogen-bond donors (Lipinski definition) is 2. The second kappa shape index (κ2) is 7.42. The van der Waals surface area contributed by atoms with Gasteiger partial charge in [-0.3, -0.25) is 4.98 Å². The number of benzene rings is 1. The van der Waals surface area contributed by atoms with Gasteiger partial charge in [-0.25, -0.2) is 4.98 Å². The molecule has 0 aliphatic heterocycles. The van der Waals surface area contributed by atoms with Gasteiger partial charge in [0.1, 0.15) is 5.82 Å². The lowest BCUT2D eigenvalue weighted by Gasteiger charge is -2.16. The molecule has 0 amide bonds. The number of aromatic nitrogens is 3. The molecule has 4 heteroatoms.